The molecule has 1 heterocycles. The van der Waals surface area contributed by atoms with Crippen molar-refractivity contribution in [2.75, 3.05) is 11.5 Å². The van der Waals surface area contributed by atoms with E-state index in [-0.39, 0.29) is 11.7 Å². The molecule has 4 nitrogen and oxygen atoms in total. The molecule has 2 aromatic carbocycles. The zero-order valence-electron chi connectivity index (χ0n) is 13.5. The molecule has 0 aromatic heterocycles. The van der Waals surface area contributed by atoms with Gasteiger partial charge in [-0.1, -0.05) is 39.9 Å². The van der Waals surface area contributed by atoms with E-state index in [1.807, 2.05) is 53.8 Å². The zero-order valence-corrected chi connectivity index (χ0v) is 18.9. The highest BCUT2D eigenvalue weighted by molar-refractivity contribution is 14.1. The van der Waals surface area contributed by atoms with Crippen LogP contribution in [-0.4, -0.2) is 21.9 Å². The molecule has 0 aliphatic carbocycles. The van der Waals surface area contributed by atoms with Gasteiger partial charge in [-0.3, -0.25) is 9.69 Å². The van der Waals surface area contributed by atoms with Gasteiger partial charge in [-0.15, -0.1) is 0 Å². The molecule has 1 fully saturated rings. The Kier molecular flexibility index (Phi) is 6.26. The van der Waals surface area contributed by atoms with E-state index in [1.54, 1.807) is 18.2 Å². The van der Waals surface area contributed by atoms with Crippen LogP contribution >= 0.6 is 62.5 Å². The highest BCUT2D eigenvalue weighted by atomic mass is 127. The lowest BCUT2D eigenvalue weighted by Gasteiger charge is -2.14. The first-order valence-electron chi connectivity index (χ1n) is 7.59. The maximum Gasteiger partial charge on any atom is 0.270 e. The van der Waals surface area contributed by atoms with Crippen molar-refractivity contribution in [1.29, 1.82) is 0 Å². The molecule has 0 unspecified atom stereocenters. The molecule has 0 saturated carbocycles. The number of ether oxygens (including phenoxy) is 1. The van der Waals surface area contributed by atoms with Gasteiger partial charge in [-0.25, -0.2) is 0 Å². The molecule has 0 atom stereocenters. The smallest absolute Gasteiger partial charge is 0.270 e. The maximum atomic E-state index is 12.8. The van der Waals surface area contributed by atoms with E-state index in [0.29, 0.717) is 25.2 Å². The van der Waals surface area contributed by atoms with Gasteiger partial charge in [0.05, 0.1) is 20.8 Å². The molecule has 1 N–H and O–H groups in total. The normalized spacial score (nSPS) is 15.8. The van der Waals surface area contributed by atoms with Crippen molar-refractivity contribution in [2.45, 2.75) is 6.92 Å². The molecule has 1 aliphatic heterocycles. The summed E-state index contributed by atoms with van der Waals surface area (Å²) in [6, 6.07) is 10.9. The first-order chi connectivity index (χ1) is 12.4. The second-order valence-electron chi connectivity index (χ2n) is 5.28. The summed E-state index contributed by atoms with van der Waals surface area (Å²) in [6.45, 7) is 2.29. The van der Waals surface area contributed by atoms with E-state index < -0.39 is 0 Å². The Morgan fingerprint density at radius 1 is 1.35 bits per heavy atom. The topological polar surface area (TPSA) is 49.8 Å². The first-order valence-corrected chi connectivity index (χ1v) is 10.7. The van der Waals surface area contributed by atoms with Gasteiger partial charge >= 0.3 is 0 Å². The van der Waals surface area contributed by atoms with E-state index in [2.05, 4.69) is 15.9 Å². The zero-order chi connectivity index (χ0) is 18.8. The summed E-state index contributed by atoms with van der Waals surface area (Å²) in [7, 11) is 0. The number of benzene rings is 2. The quantitative estimate of drug-likeness (QED) is 0.301. The van der Waals surface area contributed by atoms with Crippen molar-refractivity contribution < 1.29 is 14.6 Å². The predicted molar refractivity (Wildman–Crippen MR) is 122 cm³/mol. The number of phenolic OH excluding ortho intramolecular Hbond substituents is 1. The molecule has 8 heteroatoms. The number of phenols is 1. The molecule has 1 amide bonds. The standard InChI is InChI=1S/C18H13BrINO3S2/c1-2-24-14-8-10(7-13(20)16(14)22)9-15-17(23)21(18(25)26-15)12-5-3-11(19)4-6-12/h3-9,22H,2H2,1H3/b15-9+. The van der Waals surface area contributed by atoms with Crippen LogP contribution in [0.3, 0.4) is 0 Å². The predicted octanol–water partition coefficient (Wildman–Crippen LogP) is 5.56. The Morgan fingerprint density at radius 3 is 2.69 bits per heavy atom. The molecule has 26 heavy (non-hydrogen) atoms. The van der Waals surface area contributed by atoms with E-state index in [0.717, 1.165) is 15.7 Å². The highest BCUT2D eigenvalue weighted by Gasteiger charge is 2.33. The van der Waals surface area contributed by atoms with Crippen molar-refractivity contribution in [2.24, 2.45) is 0 Å². The van der Waals surface area contributed by atoms with Gasteiger partial charge in [-0.05, 0) is 77.6 Å². The van der Waals surface area contributed by atoms with Crippen molar-refractivity contribution >= 4 is 84.5 Å². The van der Waals surface area contributed by atoms with Crippen molar-refractivity contribution in [3.05, 3.63) is 54.9 Å². The minimum atomic E-state index is -0.164. The molecule has 1 aliphatic rings. The summed E-state index contributed by atoms with van der Waals surface area (Å²) < 4.78 is 7.53. The van der Waals surface area contributed by atoms with Crippen LogP contribution in [0, 0.1) is 3.57 Å². The molecule has 3 rings (SSSR count). The van der Waals surface area contributed by atoms with Crippen LogP contribution < -0.4 is 9.64 Å². The van der Waals surface area contributed by atoms with Crippen LogP contribution in [-0.2, 0) is 4.79 Å². The van der Waals surface area contributed by atoms with Crippen LogP contribution in [0.15, 0.2) is 45.8 Å². The molecule has 134 valence electrons. The maximum absolute atomic E-state index is 12.8. The summed E-state index contributed by atoms with van der Waals surface area (Å²) in [5.74, 6) is 0.337. The number of halogens is 2. The fraction of sp³-hybridized carbons (Fsp3) is 0.111. The Labute approximate surface area is 182 Å². The third-order valence-electron chi connectivity index (χ3n) is 3.53. The number of amides is 1. The Morgan fingerprint density at radius 2 is 2.04 bits per heavy atom. The van der Waals surface area contributed by atoms with E-state index in [1.165, 1.54) is 16.7 Å². The second-order valence-corrected chi connectivity index (χ2v) is 9.03. The van der Waals surface area contributed by atoms with Crippen molar-refractivity contribution in [1.82, 2.24) is 0 Å². The Balaban J connectivity index is 1.94. The average molecular weight is 562 g/mol. The monoisotopic (exact) mass is 561 g/mol. The molecular weight excluding hydrogens is 549 g/mol. The molecule has 2 aromatic rings. The van der Waals surface area contributed by atoms with Gasteiger partial charge in [0.1, 0.15) is 0 Å². The van der Waals surface area contributed by atoms with Crippen LogP contribution in [0.2, 0.25) is 0 Å². The third-order valence-corrected chi connectivity index (χ3v) is 6.18. The minimum Gasteiger partial charge on any atom is -0.504 e. The van der Waals surface area contributed by atoms with Crippen LogP contribution in [0.1, 0.15) is 12.5 Å². The highest BCUT2D eigenvalue weighted by Crippen LogP contribution is 2.38. The number of aromatic hydroxyl groups is 1. The van der Waals surface area contributed by atoms with Gasteiger partial charge in [0, 0.05) is 4.47 Å². The van der Waals surface area contributed by atoms with Crippen molar-refractivity contribution in [3.8, 4) is 11.5 Å². The van der Waals surface area contributed by atoms with Gasteiger partial charge in [0.25, 0.3) is 5.91 Å². The second kappa shape index (κ2) is 8.28. The van der Waals surface area contributed by atoms with Gasteiger partial charge in [0.2, 0.25) is 0 Å². The largest absolute Gasteiger partial charge is 0.504 e. The summed E-state index contributed by atoms with van der Waals surface area (Å²) in [6.07, 6.45) is 1.77. The number of nitrogens with zero attached hydrogens (tertiary/aromatic N) is 1. The van der Waals surface area contributed by atoms with Crippen LogP contribution in [0.25, 0.3) is 6.08 Å². The van der Waals surface area contributed by atoms with Gasteiger partial charge in [-0.2, -0.15) is 0 Å². The molecule has 1 saturated heterocycles. The molecule has 0 spiro atoms. The molecule has 0 radical (unpaired) electrons. The number of hydrogen-bond donors (Lipinski definition) is 1. The first kappa shape index (κ1) is 19.7. The number of anilines is 1. The fourth-order valence-corrected chi connectivity index (χ4v) is 4.56. The van der Waals surface area contributed by atoms with Crippen molar-refractivity contribution in [3.63, 3.8) is 0 Å². The molecular formula is C18H13BrINO3S2. The number of thiocarbonyl (C=S) groups is 1. The van der Waals surface area contributed by atoms with Crippen LogP contribution in [0.5, 0.6) is 11.5 Å². The van der Waals surface area contributed by atoms with E-state index in [9.17, 15) is 9.90 Å². The average Bonchev–Trinajstić information content (AvgIpc) is 2.87. The minimum absolute atomic E-state index is 0.104. The summed E-state index contributed by atoms with van der Waals surface area (Å²) in [4.78, 5) is 14.9. The lowest BCUT2D eigenvalue weighted by atomic mass is 10.2. The molecule has 0 bridgehead atoms. The summed E-state index contributed by atoms with van der Waals surface area (Å²) in [5, 5.41) is 10.1. The number of hydrogen-bond acceptors (Lipinski definition) is 5. The van der Waals surface area contributed by atoms with E-state index >= 15 is 0 Å². The number of carbonyl (C=O) groups excluding carboxylic acids is 1. The summed E-state index contributed by atoms with van der Waals surface area (Å²) in [5.41, 5.74) is 1.50. The lowest BCUT2D eigenvalue weighted by Crippen LogP contribution is -2.27. The SMILES string of the molecule is CCOc1cc(/C=C2/SC(=S)N(c3ccc(Br)cc3)C2=O)cc(I)c1O. The summed E-state index contributed by atoms with van der Waals surface area (Å²) >= 11 is 12.1. The fourth-order valence-electron chi connectivity index (χ4n) is 2.37. The van der Waals surface area contributed by atoms with Gasteiger partial charge < -0.3 is 9.84 Å². The number of thioether (sulfide) groups is 1. The van der Waals surface area contributed by atoms with Gasteiger partial charge in [0.15, 0.2) is 15.8 Å². The van der Waals surface area contributed by atoms with Crippen LogP contribution in [0.4, 0.5) is 5.69 Å². The third kappa shape index (κ3) is 4.08. The number of rotatable bonds is 4. The van der Waals surface area contributed by atoms with E-state index in [4.69, 9.17) is 17.0 Å². The Hall–Kier alpha value is -1.10. The number of carbonyl (C=O) groups is 1. The Bertz CT molecular complexity index is 915. The lowest BCUT2D eigenvalue weighted by molar-refractivity contribution is -0.113.